The van der Waals surface area contributed by atoms with Gasteiger partial charge in [0, 0.05) is 12.8 Å². The molecule has 0 saturated heterocycles. The minimum absolute atomic E-state index is 0.147. The van der Waals surface area contributed by atoms with Crippen molar-refractivity contribution in [2.75, 3.05) is 47.5 Å². The molecule has 0 heterocycles. The minimum atomic E-state index is -1.62. The van der Waals surface area contributed by atoms with Gasteiger partial charge in [-0.15, -0.1) is 0 Å². The lowest BCUT2D eigenvalue weighted by molar-refractivity contribution is -0.870. The van der Waals surface area contributed by atoms with Gasteiger partial charge in [0.2, 0.25) is 0 Å². The number of carbonyl (C=O) groups is 3. The Morgan fingerprint density at radius 2 is 0.704 bits per heavy atom. The lowest BCUT2D eigenvalue weighted by Gasteiger charge is -2.26. The topological polar surface area (TPSA) is 111 Å². The van der Waals surface area contributed by atoms with Gasteiger partial charge < -0.3 is 33.3 Å². The molecule has 0 aromatic heterocycles. The van der Waals surface area contributed by atoms with Crippen molar-refractivity contribution in [3.63, 3.8) is 0 Å². The fraction of sp³-hybridized carbons (Fsp3) is 0.736. The molecule has 0 aliphatic carbocycles. The van der Waals surface area contributed by atoms with Gasteiger partial charge in [0.25, 0.3) is 0 Å². The van der Waals surface area contributed by atoms with Crippen LogP contribution in [0.2, 0.25) is 0 Å². The van der Waals surface area contributed by atoms with Gasteiger partial charge in [0.05, 0.1) is 40.3 Å². The Kier molecular flexibility index (Phi) is 59.3. The summed E-state index contributed by atoms with van der Waals surface area (Å²) in [6, 6.07) is 0. The number of likely N-dealkylation sites (N-methyl/N-ethyl adjacent to an activating group) is 1. The van der Waals surface area contributed by atoms with Gasteiger partial charge in [-0.2, -0.15) is 0 Å². The van der Waals surface area contributed by atoms with E-state index in [1.54, 1.807) is 0 Å². The Bertz CT molecular complexity index is 1650. The molecule has 9 nitrogen and oxygen atoms in total. The van der Waals surface area contributed by atoms with Gasteiger partial charge >= 0.3 is 11.9 Å². The minimum Gasteiger partial charge on any atom is -0.545 e. The lowest BCUT2D eigenvalue weighted by atomic mass is 10.0. The second-order valence-corrected chi connectivity index (χ2v) is 23.4. The first-order valence-corrected chi connectivity index (χ1v) is 33.4. The standard InChI is InChI=1S/C72H125NO8/c1-6-8-10-12-14-16-18-20-22-23-24-25-26-27-28-29-30-31-32-33-34-35-36-37-38-39-40-41-42-43-44-45-46-47-49-51-53-55-57-59-61-63-70(75)81-68(67-80-72(71(76)77)78-65-64-73(3,4)5)66-79-69(74)62-60-58-56-54-52-50-48-21-19-17-15-13-11-9-7-2/h8,10,14,16,20,22,24-25,27-28,30-31,33-34,36-37,68,72H,6-7,9,11-13,15,17-19,21,23,26,29,32,35,38-67H2,1-5H3/b10-8-,16-14-,22-20-,25-24-,28-27-,31-30-,34-33-,37-36-. The number of carboxylic acid groups (broad SMARTS) is 1. The number of esters is 2. The van der Waals surface area contributed by atoms with E-state index in [4.69, 9.17) is 18.9 Å². The molecule has 0 amide bonds. The summed E-state index contributed by atoms with van der Waals surface area (Å²) in [7, 11) is 5.93. The van der Waals surface area contributed by atoms with E-state index in [-0.39, 0.29) is 32.2 Å². The van der Waals surface area contributed by atoms with Crippen LogP contribution in [0.15, 0.2) is 97.2 Å². The second kappa shape index (κ2) is 62.3. The first-order valence-electron chi connectivity index (χ1n) is 33.4. The van der Waals surface area contributed by atoms with E-state index in [2.05, 4.69) is 111 Å². The molecule has 0 rings (SSSR count). The number of nitrogens with zero attached hydrogens (tertiary/aromatic N) is 1. The van der Waals surface area contributed by atoms with E-state index < -0.39 is 24.3 Å². The number of quaternary nitrogens is 1. The smallest absolute Gasteiger partial charge is 0.306 e. The first kappa shape index (κ1) is 77.2. The predicted octanol–water partition coefficient (Wildman–Crippen LogP) is 19.1. The van der Waals surface area contributed by atoms with E-state index >= 15 is 0 Å². The molecule has 0 N–H and O–H groups in total. The zero-order chi connectivity index (χ0) is 59.1. The molecule has 0 radical (unpaired) electrons. The normalized spacial score (nSPS) is 13.3. The van der Waals surface area contributed by atoms with Crippen LogP contribution in [-0.4, -0.2) is 82.3 Å². The molecule has 0 bridgehead atoms. The maximum atomic E-state index is 12.9. The van der Waals surface area contributed by atoms with Gasteiger partial charge in [-0.1, -0.05) is 291 Å². The van der Waals surface area contributed by atoms with Crippen molar-refractivity contribution in [1.82, 2.24) is 0 Å². The van der Waals surface area contributed by atoms with Crippen LogP contribution >= 0.6 is 0 Å². The summed E-state index contributed by atoms with van der Waals surface area (Å²) in [6.07, 6.45) is 82.0. The molecule has 466 valence electrons. The zero-order valence-corrected chi connectivity index (χ0v) is 53.1. The Morgan fingerprint density at radius 3 is 1.05 bits per heavy atom. The fourth-order valence-corrected chi connectivity index (χ4v) is 9.26. The molecule has 0 aliphatic rings. The molecule has 9 heteroatoms. The number of unbranched alkanes of at least 4 members (excludes halogenated alkanes) is 30. The average molecular weight is 1130 g/mol. The van der Waals surface area contributed by atoms with Gasteiger partial charge in [-0.25, -0.2) is 0 Å². The number of rotatable bonds is 61. The fourth-order valence-electron chi connectivity index (χ4n) is 9.26. The third-order valence-electron chi connectivity index (χ3n) is 14.3. The van der Waals surface area contributed by atoms with Crippen LogP contribution in [-0.2, 0) is 33.3 Å². The molecule has 2 atom stereocenters. The summed E-state index contributed by atoms with van der Waals surface area (Å²) >= 11 is 0. The average Bonchev–Trinajstić information content (AvgIpc) is 3.44. The van der Waals surface area contributed by atoms with Crippen molar-refractivity contribution in [1.29, 1.82) is 0 Å². The van der Waals surface area contributed by atoms with Crippen LogP contribution in [0.4, 0.5) is 0 Å². The molecule has 81 heavy (non-hydrogen) atoms. The van der Waals surface area contributed by atoms with Crippen LogP contribution in [0.3, 0.4) is 0 Å². The summed E-state index contributed by atoms with van der Waals surface area (Å²) in [5.41, 5.74) is 0. The Labute approximate surface area is 499 Å². The van der Waals surface area contributed by atoms with Crippen molar-refractivity contribution >= 4 is 17.9 Å². The molecule has 0 aliphatic heterocycles. The van der Waals surface area contributed by atoms with Gasteiger partial charge in [0.1, 0.15) is 13.2 Å². The Hall–Kier alpha value is -3.79. The van der Waals surface area contributed by atoms with Gasteiger partial charge in [0.15, 0.2) is 12.4 Å². The van der Waals surface area contributed by atoms with Crippen molar-refractivity contribution in [2.24, 2.45) is 0 Å². The molecule has 0 spiro atoms. The zero-order valence-electron chi connectivity index (χ0n) is 53.1. The number of ether oxygens (including phenoxy) is 4. The quantitative estimate of drug-likeness (QED) is 0.0195. The van der Waals surface area contributed by atoms with Crippen molar-refractivity contribution < 1.29 is 42.9 Å². The van der Waals surface area contributed by atoms with E-state index in [1.165, 1.54) is 161 Å². The Morgan fingerprint density at radius 1 is 0.383 bits per heavy atom. The third-order valence-corrected chi connectivity index (χ3v) is 14.3. The molecule has 2 unspecified atom stereocenters. The maximum absolute atomic E-state index is 12.9. The highest BCUT2D eigenvalue weighted by molar-refractivity contribution is 5.70. The highest BCUT2D eigenvalue weighted by Gasteiger charge is 2.22. The van der Waals surface area contributed by atoms with E-state index in [0.29, 0.717) is 23.9 Å². The summed E-state index contributed by atoms with van der Waals surface area (Å²) in [6.45, 7) is 4.66. The molecule has 0 aromatic carbocycles. The van der Waals surface area contributed by atoms with E-state index in [1.807, 2.05) is 21.1 Å². The lowest BCUT2D eigenvalue weighted by Crippen LogP contribution is -2.44. The van der Waals surface area contributed by atoms with Crippen LogP contribution in [0.5, 0.6) is 0 Å². The summed E-state index contributed by atoms with van der Waals surface area (Å²) in [5.74, 6) is -2.27. The molecule has 0 saturated carbocycles. The predicted molar refractivity (Wildman–Crippen MR) is 343 cm³/mol. The van der Waals surface area contributed by atoms with Gasteiger partial charge in [-0.05, 0) is 77.0 Å². The number of aliphatic carboxylic acids is 1. The van der Waals surface area contributed by atoms with Crippen LogP contribution in [0.25, 0.3) is 0 Å². The molecule has 0 aromatic rings. The number of allylic oxidation sites excluding steroid dienone is 16. The number of hydrogen-bond acceptors (Lipinski definition) is 8. The van der Waals surface area contributed by atoms with Crippen molar-refractivity contribution in [3.05, 3.63) is 97.2 Å². The second-order valence-electron chi connectivity index (χ2n) is 23.4. The Balaban J connectivity index is 4.03. The van der Waals surface area contributed by atoms with Crippen LogP contribution in [0.1, 0.15) is 284 Å². The monoisotopic (exact) mass is 1130 g/mol. The number of carboxylic acids is 1. The highest BCUT2D eigenvalue weighted by Crippen LogP contribution is 2.17. The van der Waals surface area contributed by atoms with Gasteiger partial charge in [-0.3, -0.25) is 9.59 Å². The number of carbonyl (C=O) groups excluding carboxylic acids is 3. The molecular weight excluding hydrogens is 1010 g/mol. The summed E-state index contributed by atoms with van der Waals surface area (Å²) < 4.78 is 22.7. The molecular formula is C72H125NO8. The van der Waals surface area contributed by atoms with Crippen LogP contribution in [0, 0.1) is 0 Å². The maximum Gasteiger partial charge on any atom is 0.306 e. The van der Waals surface area contributed by atoms with Crippen LogP contribution < -0.4 is 5.11 Å². The first-order chi connectivity index (χ1) is 39.6. The third kappa shape index (κ3) is 63.6. The van der Waals surface area contributed by atoms with E-state index in [9.17, 15) is 19.5 Å². The summed E-state index contributed by atoms with van der Waals surface area (Å²) in [4.78, 5) is 37.3. The SMILES string of the molecule is CC/C=C\C/C=C\C/C=C\C/C=C\C/C=C\C/C=C\C/C=C\C/C=C\CCCCCCCCCCCCCCCCCCC(=O)OC(COC(=O)CCCCCCCCCCCCCCCCC)COC(OCC[N+](C)(C)C)C(=O)[O-]. The molecule has 0 fully saturated rings. The van der Waals surface area contributed by atoms with Crippen molar-refractivity contribution in [2.45, 2.75) is 296 Å². The number of hydrogen-bond donors (Lipinski definition) is 0. The highest BCUT2D eigenvalue weighted by atomic mass is 16.7. The van der Waals surface area contributed by atoms with Crippen molar-refractivity contribution in [3.8, 4) is 0 Å². The summed E-state index contributed by atoms with van der Waals surface area (Å²) in [5, 5.41) is 11.8. The largest absolute Gasteiger partial charge is 0.545 e. The van der Waals surface area contributed by atoms with E-state index in [0.717, 1.165) is 89.9 Å².